The van der Waals surface area contributed by atoms with E-state index in [0.717, 1.165) is 18.4 Å². The molecule has 3 saturated carbocycles. The molecule has 0 aromatic rings. The Morgan fingerprint density at radius 3 is 2.31 bits per heavy atom. The molecule has 0 radical (unpaired) electrons. The van der Waals surface area contributed by atoms with E-state index >= 15 is 0 Å². The van der Waals surface area contributed by atoms with Crippen molar-refractivity contribution in [3.63, 3.8) is 0 Å². The fraction of sp³-hybridized carbons (Fsp3) is 0.793. The van der Waals surface area contributed by atoms with Gasteiger partial charge in [-0.25, -0.2) is 0 Å². The lowest BCUT2D eigenvalue weighted by molar-refractivity contribution is -0.0210. The summed E-state index contributed by atoms with van der Waals surface area (Å²) in [5.41, 5.74) is 3.28. The molecule has 32 heavy (non-hydrogen) atoms. The summed E-state index contributed by atoms with van der Waals surface area (Å²) in [7, 11) is 0. The van der Waals surface area contributed by atoms with E-state index in [1.807, 2.05) is 13.8 Å². The van der Waals surface area contributed by atoms with Crippen molar-refractivity contribution in [2.75, 3.05) is 0 Å². The largest absolute Gasteiger partial charge is 0.390 e. The summed E-state index contributed by atoms with van der Waals surface area (Å²) < 4.78 is 0. The van der Waals surface area contributed by atoms with Crippen molar-refractivity contribution in [1.29, 1.82) is 0 Å². The smallest absolute Gasteiger partial charge is 0.0809 e. The van der Waals surface area contributed by atoms with E-state index in [0.29, 0.717) is 47.0 Å². The minimum Gasteiger partial charge on any atom is -0.390 e. The minimum atomic E-state index is -0.624. The maximum atomic E-state index is 10.2. The average Bonchev–Trinajstić information content (AvgIpc) is 2.99. The van der Waals surface area contributed by atoms with Crippen LogP contribution in [-0.4, -0.2) is 33.1 Å². The van der Waals surface area contributed by atoms with Gasteiger partial charge in [0.05, 0.1) is 17.8 Å². The molecule has 3 heteroatoms. The van der Waals surface area contributed by atoms with Gasteiger partial charge in [-0.1, -0.05) is 57.6 Å². The van der Waals surface area contributed by atoms with Crippen molar-refractivity contribution in [2.45, 2.75) is 117 Å². The van der Waals surface area contributed by atoms with Gasteiger partial charge in [0.2, 0.25) is 0 Å². The van der Waals surface area contributed by atoms with Gasteiger partial charge >= 0.3 is 0 Å². The highest BCUT2D eigenvalue weighted by atomic mass is 16.3. The first-order valence-electron chi connectivity index (χ1n) is 12.9. The van der Waals surface area contributed by atoms with Crippen LogP contribution in [-0.2, 0) is 0 Å². The van der Waals surface area contributed by atoms with Crippen LogP contribution in [0.5, 0.6) is 0 Å². The summed E-state index contributed by atoms with van der Waals surface area (Å²) in [5.74, 6) is 1.83. The molecular formula is C29H48O3. The highest BCUT2D eigenvalue weighted by Gasteiger charge is 2.58. The highest BCUT2D eigenvalue weighted by molar-refractivity contribution is 5.30. The van der Waals surface area contributed by atoms with E-state index in [9.17, 15) is 15.3 Å². The predicted octanol–water partition coefficient (Wildman–Crippen LogP) is 6.34. The molecule has 3 nitrogen and oxygen atoms in total. The summed E-state index contributed by atoms with van der Waals surface area (Å²) in [6, 6.07) is 0. The molecule has 182 valence electrons. The number of aliphatic hydroxyl groups excluding tert-OH is 2. The van der Waals surface area contributed by atoms with Gasteiger partial charge < -0.3 is 15.3 Å². The normalized spacial score (nSPS) is 39.2. The van der Waals surface area contributed by atoms with E-state index in [1.54, 1.807) is 5.57 Å². The topological polar surface area (TPSA) is 60.7 Å². The standard InChI is InChI=1S/C29H48O3/c1-19(12-15-27(4,5)32)21(3)28(6)16-13-24-23(9-8-14-29(24,28)7)11-10-22-17-25(30)20(2)26(31)18-22/h10-11,19,21,24-26,30-32H,2,8-9,12-18H2,1,3-7H3/b23-11+/t19-,21+,24?,25-,26-,28+,29+/m1/s1. The van der Waals surface area contributed by atoms with E-state index < -0.39 is 17.8 Å². The molecule has 3 N–H and O–H groups in total. The van der Waals surface area contributed by atoms with Crippen molar-refractivity contribution < 1.29 is 15.3 Å². The van der Waals surface area contributed by atoms with Crippen molar-refractivity contribution in [3.05, 3.63) is 35.5 Å². The molecule has 3 fully saturated rings. The number of allylic oxidation sites excluding steroid dienone is 3. The summed E-state index contributed by atoms with van der Waals surface area (Å²) in [5, 5.41) is 30.6. The SMILES string of the molecule is C=C1[C@H](O)CC(=C/C=C2\CCC[C@@]3(C)C2CC[C@@]3(C)[C@@H](C)[C@H](C)CCC(C)(C)O)C[C@H]1O. The van der Waals surface area contributed by atoms with Crippen LogP contribution >= 0.6 is 0 Å². The maximum absolute atomic E-state index is 10.2. The molecule has 0 aliphatic heterocycles. The molecule has 0 amide bonds. The lowest BCUT2D eigenvalue weighted by Gasteiger charge is -2.52. The second-order valence-corrected chi connectivity index (χ2v) is 12.5. The van der Waals surface area contributed by atoms with Crippen LogP contribution in [0.1, 0.15) is 99.3 Å². The first-order valence-corrected chi connectivity index (χ1v) is 12.9. The summed E-state index contributed by atoms with van der Waals surface area (Å²) in [6.45, 7) is 17.6. The first-order chi connectivity index (χ1) is 14.8. The molecule has 0 heterocycles. The second kappa shape index (κ2) is 9.39. The first kappa shape index (κ1) is 25.7. The van der Waals surface area contributed by atoms with E-state index in [1.165, 1.54) is 32.1 Å². The molecule has 0 bridgehead atoms. The zero-order chi connectivity index (χ0) is 23.9. The molecule has 0 spiro atoms. The van der Waals surface area contributed by atoms with Gasteiger partial charge in [0.15, 0.2) is 0 Å². The van der Waals surface area contributed by atoms with Crippen LogP contribution in [0.2, 0.25) is 0 Å². The Bertz CT molecular complexity index is 741. The van der Waals surface area contributed by atoms with Crippen LogP contribution < -0.4 is 0 Å². The Kier molecular flexibility index (Phi) is 7.55. The van der Waals surface area contributed by atoms with Crippen LogP contribution in [0.25, 0.3) is 0 Å². The van der Waals surface area contributed by atoms with Gasteiger partial charge in [-0.3, -0.25) is 0 Å². The van der Waals surface area contributed by atoms with Crippen molar-refractivity contribution in [2.24, 2.45) is 28.6 Å². The maximum Gasteiger partial charge on any atom is 0.0809 e. The third kappa shape index (κ3) is 4.95. The fourth-order valence-corrected chi connectivity index (χ4v) is 7.17. The molecular weight excluding hydrogens is 396 g/mol. The number of aliphatic hydroxyl groups is 3. The lowest BCUT2D eigenvalue weighted by Crippen LogP contribution is -2.45. The van der Waals surface area contributed by atoms with Gasteiger partial charge in [-0.2, -0.15) is 0 Å². The number of hydrogen-bond acceptors (Lipinski definition) is 3. The molecule has 3 rings (SSSR count). The quantitative estimate of drug-likeness (QED) is 0.419. The van der Waals surface area contributed by atoms with Crippen LogP contribution in [0, 0.1) is 28.6 Å². The van der Waals surface area contributed by atoms with Gasteiger partial charge in [0, 0.05) is 0 Å². The Balaban J connectivity index is 1.77. The Labute approximate surface area is 196 Å². The molecule has 0 aromatic heterocycles. The molecule has 0 saturated heterocycles. The highest BCUT2D eigenvalue weighted by Crippen LogP contribution is 2.67. The molecule has 0 aromatic carbocycles. The van der Waals surface area contributed by atoms with Crippen molar-refractivity contribution in [3.8, 4) is 0 Å². The summed E-state index contributed by atoms with van der Waals surface area (Å²) in [4.78, 5) is 0. The van der Waals surface area contributed by atoms with Crippen LogP contribution in [0.3, 0.4) is 0 Å². The molecule has 1 unspecified atom stereocenters. The summed E-state index contributed by atoms with van der Waals surface area (Å²) in [6.07, 6.45) is 12.6. The van der Waals surface area contributed by atoms with Crippen molar-refractivity contribution in [1.82, 2.24) is 0 Å². The van der Waals surface area contributed by atoms with Gasteiger partial charge in [-0.05, 0) is 106 Å². The third-order valence-corrected chi connectivity index (χ3v) is 10.0. The van der Waals surface area contributed by atoms with E-state index in [-0.39, 0.29) is 0 Å². The lowest BCUT2D eigenvalue weighted by atomic mass is 9.52. The van der Waals surface area contributed by atoms with Crippen LogP contribution in [0.4, 0.5) is 0 Å². The zero-order valence-corrected chi connectivity index (χ0v) is 21.5. The molecule has 3 aliphatic rings. The van der Waals surface area contributed by atoms with Crippen molar-refractivity contribution >= 4 is 0 Å². The zero-order valence-electron chi connectivity index (χ0n) is 21.5. The number of rotatable bonds is 6. The van der Waals surface area contributed by atoms with Gasteiger partial charge in [0.1, 0.15) is 0 Å². The number of fused-ring (bicyclic) bond motifs is 1. The minimum absolute atomic E-state index is 0.303. The monoisotopic (exact) mass is 444 g/mol. The Morgan fingerprint density at radius 2 is 1.72 bits per heavy atom. The molecule has 7 atom stereocenters. The summed E-state index contributed by atoms with van der Waals surface area (Å²) >= 11 is 0. The fourth-order valence-electron chi connectivity index (χ4n) is 7.17. The Hall–Kier alpha value is -0.900. The predicted molar refractivity (Wildman–Crippen MR) is 133 cm³/mol. The third-order valence-electron chi connectivity index (χ3n) is 10.0. The van der Waals surface area contributed by atoms with Gasteiger partial charge in [0.25, 0.3) is 0 Å². The van der Waals surface area contributed by atoms with Crippen LogP contribution in [0.15, 0.2) is 35.5 Å². The van der Waals surface area contributed by atoms with E-state index in [2.05, 4.69) is 46.4 Å². The average molecular weight is 445 g/mol. The second-order valence-electron chi connectivity index (χ2n) is 12.5. The Morgan fingerprint density at radius 1 is 1.09 bits per heavy atom. The van der Waals surface area contributed by atoms with E-state index in [4.69, 9.17) is 0 Å². The number of hydrogen-bond donors (Lipinski definition) is 3. The van der Waals surface area contributed by atoms with Gasteiger partial charge in [-0.15, -0.1) is 0 Å². The molecule has 3 aliphatic carbocycles.